The van der Waals surface area contributed by atoms with Crippen molar-refractivity contribution in [1.29, 1.82) is 0 Å². The third-order valence-corrected chi connectivity index (χ3v) is 3.15. The van der Waals surface area contributed by atoms with Gasteiger partial charge in [0.25, 0.3) is 0 Å². The fourth-order valence-corrected chi connectivity index (χ4v) is 2.29. The van der Waals surface area contributed by atoms with Gasteiger partial charge in [-0.2, -0.15) is 0 Å². The third-order valence-electron chi connectivity index (χ3n) is 1.96. The number of nitrogens with two attached hydrogens (primary N) is 1. The zero-order valence-electron chi connectivity index (χ0n) is 8.66. The molecule has 0 spiro atoms. The average molecular weight is 295 g/mol. The number of halogens is 4. The number of thiazole rings is 1. The maximum Gasteiger partial charge on any atom is 0.573 e. The van der Waals surface area contributed by atoms with Gasteiger partial charge in [-0.15, -0.1) is 13.2 Å². The predicted octanol–water partition coefficient (Wildman–Crippen LogP) is 3.94. The molecule has 0 aliphatic carbocycles. The van der Waals surface area contributed by atoms with E-state index in [1.807, 2.05) is 0 Å². The lowest BCUT2D eigenvalue weighted by atomic mass is 10.2. The van der Waals surface area contributed by atoms with Crippen LogP contribution in [0.25, 0.3) is 10.4 Å². The van der Waals surface area contributed by atoms with Crippen molar-refractivity contribution in [2.75, 3.05) is 5.73 Å². The summed E-state index contributed by atoms with van der Waals surface area (Å²) >= 11 is 7.04. The first kappa shape index (κ1) is 13.0. The highest BCUT2D eigenvalue weighted by Crippen LogP contribution is 2.36. The van der Waals surface area contributed by atoms with Crippen LogP contribution in [0.1, 0.15) is 0 Å². The van der Waals surface area contributed by atoms with Gasteiger partial charge in [0, 0.05) is 16.8 Å². The molecule has 0 aliphatic rings. The maximum atomic E-state index is 12.1. The van der Waals surface area contributed by atoms with Gasteiger partial charge >= 0.3 is 6.36 Å². The number of benzene rings is 1. The van der Waals surface area contributed by atoms with Crippen molar-refractivity contribution in [1.82, 2.24) is 4.98 Å². The van der Waals surface area contributed by atoms with E-state index in [0.717, 1.165) is 17.4 Å². The van der Waals surface area contributed by atoms with E-state index >= 15 is 0 Å². The van der Waals surface area contributed by atoms with E-state index in [0.29, 0.717) is 20.6 Å². The second-order valence-electron chi connectivity index (χ2n) is 3.25. The summed E-state index contributed by atoms with van der Waals surface area (Å²) in [6.45, 7) is 0. The number of hydrogen-bond acceptors (Lipinski definition) is 4. The Kier molecular flexibility index (Phi) is 3.36. The minimum Gasteiger partial charge on any atom is -0.406 e. The molecule has 1 aromatic heterocycles. The number of nitrogen functional groups attached to an aromatic ring is 1. The molecule has 1 aromatic carbocycles. The Morgan fingerprint density at radius 1 is 1.33 bits per heavy atom. The second kappa shape index (κ2) is 4.66. The SMILES string of the molecule is Nc1ncc(-c2cc(OC(F)(F)F)ccc2Cl)s1. The van der Waals surface area contributed by atoms with Crippen LogP contribution in [0.5, 0.6) is 5.75 Å². The molecule has 0 saturated heterocycles. The first-order valence-electron chi connectivity index (χ1n) is 4.62. The molecule has 1 heterocycles. The fraction of sp³-hybridized carbons (Fsp3) is 0.100. The summed E-state index contributed by atoms with van der Waals surface area (Å²) in [5.41, 5.74) is 5.85. The standard InChI is InChI=1S/C10H6ClF3N2OS/c11-7-2-1-5(17-10(12,13)14)3-6(7)8-4-16-9(15)18-8/h1-4H,(H2,15,16). The van der Waals surface area contributed by atoms with Gasteiger partial charge in [0.15, 0.2) is 5.13 Å². The molecule has 96 valence electrons. The van der Waals surface area contributed by atoms with Crippen molar-refractivity contribution in [2.24, 2.45) is 0 Å². The Balaban J connectivity index is 2.39. The van der Waals surface area contributed by atoms with Gasteiger partial charge in [0.05, 0.1) is 4.88 Å². The summed E-state index contributed by atoms with van der Waals surface area (Å²) in [6, 6.07) is 3.67. The first-order chi connectivity index (χ1) is 8.35. The van der Waals surface area contributed by atoms with Gasteiger partial charge in [0.1, 0.15) is 5.75 Å². The normalized spacial score (nSPS) is 11.6. The second-order valence-corrected chi connectivity index (χ2v) is 4.72. The van der Waals surface area contributed by atoms with E-state index in [4.69, 9.17) is 17.3 Å². The highest BCUT2D eigenvalue weighted by atomic mass is 35.5. The van der Waals surface area contributed by atoms with Crippen LogP contribution in [-0.2, 0) is 0 Å². The van der Waals surface area contributed by atoms with Crippen molar-refractivity contribution in [3.05, 3.63) is 29.4 Å². The summed E-state index contributed by atoms with van der Waals surface area (Å²) in [7, 11) is 0. The van der Waals surface area contributed by atoms with Crippen LogP contribution in [-0.4, -0.2) is 11.3 Å². The van der Waals surface area contributed by atoms with E-state index in [1.165, 1.54) is 18.3 Å². The topological polar surface area (TPSA) is 48.1 Å². The van der Waals surface area contributed by atoms with Crippen LogP contribution >= 0.6 is 22.9 Å². The summed E-state index contributed by atoms with van der Waals surface area (Å²) in [6.07, 6.45) is -3.30. The molecule has 0 atom stereocenters. The van der Waals surface area contributed by atoms with Gasteiger partial charge in [-0.1, -0.05) is 22.9 Å². The Labute approximate surface area is 109 Å². The molecule has 2 aromatic rings. The van der Waals surface area contributed by atoms with E-state index in [2.05, 4.69) is 9.72 Å². The lowest BCUT2D eigenvalue weighted by Crippen LogP contribution is -2.17. The number of rotatable bonds is 2. The number of ether oxygens (including phenoxy) is 1. The van der Waals surface area contributed by atoms with Gasteiger partial charge in [-0.25, -0.2) is 4.98 Å². The summed E-state index contributed by atoms with van der Waals surface area (Å²) < 4.78 is 40.1. The monoisotopic (exact) mass is 294 g/mol. The molecule has 3 nitrogen and oxygen atoms in total. The molecule has 0 unspecified atom stereocenters. The minimum atomic E-state index is -4.74. The quantitative estimate of drug-likeness (QED) is 0.912. The molecule has 0 fully saturated rings. The van der Waals surface area contributed by atoms with E-state index in [1.54, 1.807) is 0 Å². The van der Waals surface area contributed by atoms with Crippen LogP contribution in [0, 0.1) is 0 Å². The van der Waals surface area contributed by atoms with Crippen molar-refractivity contribution >= 4 is 28.1 Å². The Hall–Kier alpha value is -1.47. The smallest absolute Gasteiger partial charge is 0.406 e. The lowest BCUT2D eigenvalue weighted by Gasteiger charge is -2.10. The Bertz CT molecular complexity index is 570. The van der Waals surface area contributed by atoms with Crippen LogP contribution in [0.3, 0.4) is 0 Å². The molecule has 2 rings (SSSR count). The van der Waals surface area contributed by atoms with Crippen LogP contribution in [0.15, 0.2) is 24.4 Å². The Morgan fingerprint density at radius 2 is 2.06 bits per heavy atom. The zero-order valence-corrected chi connectivity index (χ0v) is 10.2. The molecule has 2 N–H and O–H groups in total. The number of nitrogens with zero attached hydrogens (tertiary/aromatic N) is 1. The zero-order chi connectivity index (χ0) is 13.3. The fourth-order valence-electron chi connectivity index (χ4n) is 1.30. The third kappa shape index (κ3) is 3.05. The largest absolute Gasteiger partial charge is 0.573 e. The number of anilines is 1. The summed E-state index contributed by atoms with van der Waals surface area (Å²) in [5.74, 6) is -0.339. The maximum absolute atomic E-state index is 12.1. The lowest BCUT2D eigenvalue weighted by molar-refractivity contribution is -0.274. The van der Waals surface area contributed by atoms with Crippen molar-refractivity contribution < 1.29 is 17.9 Å². The molecule has 18 heavy (non-hydrogen) atoms. The molecule has 0 aliphatic heterocycles. The van der Waals surface area contributed by atoms with Crippen LogP contribution in [0.2, 0.25) is 5.02 Å². The summed E-state index contributed by atoms with van der Waals surface area (Å²) in [5, 5.41) is 0.608. The van der Waals surface area contributed by atoms with Gasteiger partial charge in [-0.05, 0) is 18.2 Å². The van der Waals surface area contributed by atoms with Gasteiger partial charge in [0.2, 0.25) is 0 Å². The molecule has 0 amide bonds. The number of aromatic nitrogens is 1. The molecule has 0 bridgehead atoms. The van der Waals surface area contributed by atoms with Crippen molar-refractivity contribution in [2.45, 2.75) is 6.36 Å². The number of alkyl halides is 3. The Morgan fingerprint density at radius 3 is 2.61 bits per heavy atom. The highest BCUT2D eigenvalue weighted by molar-refractivity contribution is 7.18. The molecule has 8 heteroatoms. The average Bonchev–Trinajstić information content (AvgIpc) is 2.66. The van der Waals surface area contributed by atoms with Crippen molar-refractivity contribution in [3.8, 4) is 16.2 Å². The van der Waals surface area contributed by atoms with Gasteiger partial charge < -0.3 is 10.5 Å². The minimum absolute atomic E-state index is 0.299. The van der Waals surface area contributed by atoms with E-state index in [9.17, 15) is 13.2 Å². The number of hydrogen-bond donors (Lipinski definition) is 1. The molecule has 0 radical (unpaired) electrons. The summed E-state index contributed by atoms with van der Waals surface area (Å²) in [4.78, 5) is 4.39. The molecular formula is C10H6ClF3N2OS. The molecular weight excluding hydrogens is 289 g/mol. The van der Waals surface area contributed by atoms with Gasteiger partial charge in [-0.3, -0.25) is 0 Å². The van der Waals surface area contributed by atoms with E-state index in [-0.39, 0.29) is 5.75 Å². The van der Waals surface area contributed by atoms with Crippen LogP contribution < -0.4 is 10.5 Å². The predicted molar refractivity (Wildman–Crippen MR) is 63.7 cm³/mol. The van der Waals surface area contributed by atoms with E-state index < -0.39 is 6.36 Å². The highest BCUT2D eigenvalue weighted by Gasteiger charge is 2.31. The molecule has 0 saturated carbocycles. The first-order valence-corrected chi connectivity index (χ1v) is 5.81. The van der Waals surface area contributed by atoms with Crippen molar-refractivity contribution in [3.63, 3.8) is 0 Å². The van der Waals surface area contributed by atoms with Crippen LogP contribution in [0.4, 0.5) is 18.3 Å².